The van der Waals surface area contributed by atoms with E-state index in [1.807, 2.05) is 4.68 Å². The van der Waals surface area contributed by atoms with Crippen molar-refractivity contribution in [3.63, 3.8) is 0 Å². The number of rotatable bonds is 4. The van der Waals surface area contributed by atoms with Gasteiger partial charge in [-0.05, 0) is 51.3 Å². The van der Waals surface area contributed by atoms with E-state index in [0.717, 1.165) is 11.4 Å². The predicted octanol–water partition coefficient (Wildman–Crippen LogP) is 2.89. The molecule has 0 saturated carbocycles. The summed E-state index contributed by atoms with van der Waals surface area (Å²) in [5.74, 6) is 0.934. The standard InChI is InChI=1S/C16H24N4/c1-11(2)20-15(18-10-19-20)9-16(5,17)14-7-6-12(3)13(4)8-14/h6-8,10-11H,9,17H2,1-5H3. The lowest BCUT2D eigenvalue weighted by Crippen LogP contribution is -2.36. The van der Waals surface area contributed by atoms with Crippen LogP contribution >= 0.6 is 0 Å². The molecule has 0 amide bonds. The maximum Gasteiger partial charge on any atom is 0.138 e. The molecule has 0 aliphatic carbocycles. The highest BCUT2D eigenvalue weighted by atomic mass is 15.3. The van der Waals surface area contributed by atoms with Gasteiger partial charge >= 0.3 is 0 Å². The van der Waals surface area contributed by atoms with Crippen molar-refractivity contribution in [2.45, 2.75) is 52.6 Å². The van der Waals surface area contributed by atoms with Crippen molar-refractivity contribution >= 4 is 0 Å². The molecule has 1 aromatic heterocycles. The van der Waals surface area contributed by atoms with Crippen LogP contribution in [0.3, 0.4) is 0 Å². The van der Waals surface area contributed by atoms with Crippen LogP contribution in [0.5, 0.6) is 0 Å². The van der Waals surface area contributed by atoms with Crippen molar-refractivity contribution in [1.82, 2.24) is 14.8 Å². The molecular formula is C16H24N4. The zero-order valence-corrected chi connectivity index (χ0v) is 13.0. The van der Waals surface area contributed by atoms with Crippen molar-refractivity contribution in [1.29, 1.82) is 0 Å². The minimum Gasteiger partial charge on any atom is -0.321 e. The molecule has 1 aromatic carbocycles. The summed E-state index contributed by atoms with van der Waals surface area (Å²) in [6.45, 7) is 10.5. The molecule has 0 spiro atoms. The highest BCUT2D eigenvalue weighted by Gasteiger charge is 2.25. The van der Waals surface area contributed by atoms with Crippen LogP contribution in [0.15, 0.2) is 24.5 Å². The van der Waals surface area contributed by atoms with Gasteiger partial charge in [-0.2, -0.15) is 5.10 Å². The number of nitrogens with zero attached hydrogens (tertiary/aromatic N) is 3. The Morgan fingerprint density at radius 2 is 1.95 bits per heavy atom. The number of nitrogens with two attached hydrogens (primary N) is 1. The Labute approximate surface area is 121 Å². The van der Waals surface area contributed by atoms with Gasteiger partial charge in [0.1, 0.15) is 12.2 Å². The molecule has 1 heterocycles. The number of hydrogen-bond donors (Lipinski definition) is 1. The van der Waals surface area contributed by atoms with Crippen molar-refractivity contribution in [3.05, 3.63) is 47.0 Å². The Morgan fingerprint density at radius 1 is 1.25 bits per heavy atom. The first-order valence-corrected chi connectivity index (χ1v) is 7.06. The summed E-state index contributed by atoms with van der Waals surface area (Å²) < 4.78 is 1.94. The van der Waals surface area contributed by atoms with E-state index in [4.69, 9.17) is 5.73 Å². The molecule has 20 heavy (non-hydrogen) atoms. The lowest BCUT2D eigenvalue weighted by atomic mass is 9.87. The number of hydrogen-bond acceptors (Lipinski definition) is 3. The molecule has 4 heteroatoms. The molecule has 4 nitrogen and oxygen atoms in total. The smallest absolute Gasteiger partial charge is 0.138 e. The van der Waals surface area contributed by atoms with E-state index in [-0.39, 0.29) is 0 Å². The van der Waals surface area contributed by atoms with Crippen LogP contribution in [0.4, 0.5) is 0 Å². The molecule has 0 aliphatic rings. The van der Waals surface area contributed by atoms with E-state index in [2.05, 4.69) is 62.9 Å². The number of aromatic nitrogens is 3. The first-order chi connectivity index (χ1) is 9.31. The van der Waals surface area contributed by atoms with Crippen LogP contribution in [-0.4, -0.2) is 14.8 Å². The Bertz CT molecular complexity index is 596. The van der Waals surface area contributed by atoms with E-state index in [0.29, 0.717) is 12.5 Å². The first kappa shape index (κ1) is 14.7. The molecule has 108 valence electrons. The Morgan fingerprint density at radius 3 is 2.55 bits per heavy atom. The zero-order valence-electron chi connectivity index (χ0n) is 13.0. The highest BCUT2D eigenvalue weighted by Crippen LogP contribution is 2.24. The van der Waals surface area contributed by atoms with Gasteiger partial charge in [-0.1, -0.05) is 18.2 Å². The monoisotopic (exact) mass is 272 g/mol. The minimum atomic E-state index is -0.446. The SMILES string of the molecule is Cc1ccc(C(C)(N)Cc2ncnn2C(C)C)cc1C. The molecule has 0 radical (unpaired) electrons. The lowest BCUT2D eigenvalue weighted by Gasteiger charge is -2.26. The second kappa shape index (κ2) is 5.37. The van der Waals surface area contributed by atoms with Gasteiger partial charge < -0.3 is 5.73 Å². The van der Waals surface area contributed by atoms with E-state index >= 15 is 0 Å². The van der Waals surface area contributed by atoms with E-state index in [1.54, 1.807) is 6.33 Å². The summed E-state index contributed by atoms with van der Waals surface area (Å²) in [6.07, 6.45) is 2.28. The fourth-order valence-corrected chi connectivity index (χ4v) is 2.36. The van der Waals surface area contributed by atoms with Gasteiger partial charge in [-0.3, -0.25) is 0 Å². The summed E-state index contributed by atoms with van der Waals surface area (Å²) in [4.78, 5) is 4.36. The van der Waals surface area contributed by atoms with Crippen LogP contribution in [0, 0.1) is 13.8 Å². The fraction of sp³-hybridized carbons (Fsp3) is 0.500. The van der Waals surface area contributed by atoms with Crippen LogP contribution in [0.1, 0.15) is 49.3 Å². The molecule has 0 fully saturated rings. The van der Waals surface area contributed by atoms with Crippen LogP contribution < -0.4 is 5.73 Å². The third kappa shape index (κ3) is 2.90. The van der Waals surface area contributed by atoms with Gasteiger partial charge in [0.05, 0.1) is 0 Å². The molecule has 0 bridgehead atoms. The second-order valence-corrected chi connectivity index (χ2v) is 6.11. The fourth-order valence-electron chi connectivity index (χ4n) is 2.36. The molecule has 2 aromatic rings. The van der Waals surface area contributed by atoms with Gasteiger partial charge in [0, 0.05) is 18.0 Å². The quantitative estimate of drug-likeness (QED) is 0.931. The summed E-state index contributed by atoms with van der Waals surface area (Å²) in [7, 11) is 0. The Hall–Kier alpha value is -1.68. The summed E-state index contributed by atoms with van der Waals surface area (Å²) in [6, 6.07) is 6.70. The molecule has 1 unspecified atom stereocenters. The third-order valence-corrected chi connectivity index (χ3v) is 3.83. The van der Waals surface area contributed by atoms with E-state index in [1.165, 1.54) is 11.1 Å². The van der Waals surface area contributed by atoms with E-state index < -0.39 is 5.54 Å². The summed E-state index contributed by atoms with van der Waals surface area (Å²) in [5, 5.41) is 4.28. The number of aryl methyl sites for hydroxylation is 2. The molecule has 1 atom stereocenters. The summed E-state index contributed by atoms with van der Waals surface area (Å²) in [5.41, 5.74) is 9.78. The van der Waals surface area contributed by atoms with Crippen molar-refractivity contribution in [2.75, 3.05) is 0 Å². The third-order valence-electron chi connectivity index (χ3n) is 3.83. The van der Waals surface area contributed by atoms with Gasteiger partial charge in [0.2, 0.25) is 0 Å². The summed E-state index contributed by atoms with van der Waals surface area (Å²) >= 11 is 0. The van der Waals surface area contributed by atoms with Crippen LogP contribution in [0.25, 0.3) is 0 Å². The first-order valence-electron chi connectivity index (χ1n) is 7.06. The molecule has 2 rings (SSSR count). The van der Waals surface area contributed by atoms with Gasteiger partial charge in [-0.25, -0.2) is 9.67 Å². The predicted molar refractivity (Wildman–Crippen MR) is 81.6 cm³/mol. The maximum absolute atomic E-state index is 6.54. The normalized spacial score (nSPS) is 14.6. The Balaban J connectivity index is 2.30. The van der Waals surface area contributed by atoms with E-state index in [9.17, 15) is 0 Å². The average molecular weight is 272 g/mol. The minimum absolute atomic E-state index is 0.294. The number of benzene rings is 1. The van der Waals surface area contributed by atoms with Crippen LogP contribution in [-0.2, 0) is 12.0 Å². The van der Waals surface area contributed by atoms with Crippen molar-refractivity contribution in [2.24, 2.45) is 5.73 Å². The van der Waals surface area contributed by atoms with Crippen molar-refractivity contribution in [3.8, 4) is 0 Å². The molecular weight excluding hydrogens is 248 g/mol. The molecule has 2 N–H and O–H groups in total. The molecule has 0 saturated heterocycles. The van der Waals surface area contributed by atoms with Gasteiger partial charge in [0.15, 0.2) is 0 Å². The average Bonchev–Trinajstić information content (AvgIpc) is 2.80. The second-order valence-electron chi connectivity index (χ2n) is 6.11. The highest BCUT2D eigenvalue weighted by molar-refractivity contribution is 5.34. The van der Waals surface area contributed by atoms with Crippen LogP contribution in [0.2, 0.25) is 0 Å². The lowest BCUT2D eigenvalue weighted by molar-refractivity contribution is 0.433. The van der Waals surface area contributed by atoms with Crippen molar-refractivity contribution < 1.29 is 0 Å². The maximum atomic E-state index is 6.54. The van der Waals surface area contributed by atoms with Gasteiger partial charge in [-0.15, -0.1) is 0 Å². The largest absolute Gasteiger partial charge is 0.321 e. The zero-order chi connectivity index (χ0) is 14.9. The molecule has 0 aliphatic heterocycles. The Kier molecular flexibility index (Phi) is 3.95. The van der Waals surface area contributed by atoms with Gasteiger partial charge in [0.25, 0.3) is 0 Å². The topological polar surface area (TPSA) is 56.7 Å².